The number of benzene rings is 1. The Morgan fingerprint density at radius 1 is 1.19 bits per heavy atom. The molecule has 1 saturated carbocycles. The lowest BCUT2D eigenvalue weighted by atomic mass is 10.2. The number of hydrogen-bond donors (Lipinski definition) is 3. The first kappa shape index (κ1) is 23.6. The van der Waals surface area contributed by atoms with Crippen LogP contribution in [0.1, 0.15) is 26.7 Å². The highest BCUT2D eigenvalue weighted by atomic mass is 127. The minimum atomic E-state index is 0. The molecule has 1 aliphatic rings. The third-order valence-electron chi connectivity index (χ3n) is 3.78. The van der Waals surface area contributed by atoms with E-state index in [0.29, 0.717) is 13.1 Å². The highest BCUT2D eigenvalue weighted by Gasteiger charge is 2.29. The number of guanidine groups is 1. The Morgan fingerprint density at radius 3 is 2.38 bits per heavy atom. The van der Waals surface area contributed by atoms with E-state index >= 15 is 0 Å². The normalized spacial score (nSPS) is 14.4. The van der Waals surface area contributed by atoms with E-state index in [2.05, 4.69) is 75.0 Å². The lowest BCUT2D eigenvalue weighted by Gasteiger charge is -2.25. The molecule has 1 aromatic rings. The van der Waals surface area contributed by atoms with Gasteiger partial charge < -0.3 is 16.0 Å². The fourth-order valence-corrected chi connectivity index (χ4v) is 3.55. The molecule has 0 spiro atoms. The third-order valence-corrected chi connectivity index (χ3v) is 5.51. The van der Waals surface area contributed by atoms with Gasteiger partial charge in [0.2, 0.25) is 5.91 Å². The van der Waals surface area contributed by atoms with Gasteiger partial charge in [-0.25, -0.2) is 0 Å². The summed E-state index contributed by atoms with van der Waals surface area (Å²) in [7, 11) is 1.76. The van der Waals surface area contributed by atoms with Crippen LogP contribution >= 0.6 is 51.7 Å². The van der Waals surface area contributed by atoms with E-state index in [1.54, 1.807) is 7.05 Å². The summed E-state index contributed by atoms with van der Waals surface area (Å²) >= 11 is 5.29. The second-order valence-electron chi connectivity index (χ2n) is 6.73. The highest BCUT2D eigenvalue weighted by Crippen LogP contribution is 2.32. The number of aliphatic imine (C=N–C) groups is 1. The van der Waals surface area contributed by atoms with Gasteiger partial charge in [0.25, 0.3) is 0 Å². The van der Waals surface area contributed by atoms with Crippen molar-refractivity contribution < 1.29 is 4.79 Å². The number of nitrogens with one attached hydrogen (secondary N) is 3. The monoisotopic (exact) mass is 554 g/mol. The molecule has 8 heteroatoms. The minimum Gasteiger partial charge on any atom is -0.355 e. The predicted molar refractivity (Wildman–Crippen MR) is 125 cm³/mol. The van der Waals surface area contributed by atoms with Gasteiger partial charge in [-0.15, -0.1) is 35.7 Å². The van der Waals surface area contributed by atoms with Crippen molar-refractivity contribution in [2.45, 2.75) is 36.3 Å². The fraction of sp³-hybridized carbons (Fsp3) is 0.556. The largest absolute Gasteiger partial charge is 0.355 e. The Balaban J connectivity index is 0.00000338. The average molecular weight is 555 g/mol. The average Bonchev–Trinajstić information content (AvgIpc) is 3.41. The molecular weight excluding hydrogens is 527 g/mol. The predicted octanol–water partition coefficient (Wildman–Crippen LogP) is 3.63. The Kier molecular flexibility index (Phi) is 10.3. The Bertz CT molecular complexity index is 606. The number of hydrogen-bond acceptors (Lipinski definition) is 3. The van der Waals surface area contributed by atoms with Crippen molar-refractivity contribution in [1.29, 1.82) is 0 Å². The molecule has 0 aliphatic heterocycles. The summed E-state index contributed by atoms with van der Waals surface area (Å²) in [4.78, 5) is 17.1. The molecular formula is C18H28BrIN4OS. The number of thioether (sulfide) groups is 1. The van der Waals surface area contributed by atoms with E-state index in [4.69, 9.17) is 0 Å². The van der Waals surface area contributed by atoms with Crippen LogP contribution in [0.3, 0.4) is 0 Å². The topological polar surface area (TPSA) is 65.5 Å². The molecule has 0 heterocycles. The first-order valence-corrected chi connectivity index (χ1v) is 10.2. The van der Waals surface area contributed by atoms with Crippen LogP contribution in [0.5, 0.6) is 0 Å². The van der Waals surface area contributed by atoms with Gasteiger partial charge in [0, 0.05) is 46.7 Å². The zero-order valence-electron chi connectivity index (χ0n) is 15.5. The fourth-order valence-electron chi connectivity index (χ4n) is 2.23. The smallest absolute Gasteiger partial charge is 0.223 e. The highest BCUT2D eigenvalue weighted by molar-refractivity contribution is 14.0. The molecule has 1 fully saturated rings. The van der Waals surface area contributed by atoms with E-state index in [1.807, 2.05) is 11.8 Å². The summed E-state index contributed by atoms with van der Waals surface area (Å²) in [6.45, 7) is 6.47. The molecule has 3 N–H and O–H groups in total. The van der Waals surface area contributed by atoms with Crippen molar-refractivity contribution in [2.75, 3.05) is 26.7 Å². The molecule has 146 valence electrons. The summed E-state index contributed by atoms with van der Waals surface area (Å²) in [6, 6.07) is 8.35. The number of halogens is 2. The maximum Gasteiger partial charge on any atom is 0.223 e. The number of nitrogens with zero attached hydrogens (tertiary/aromatic N) is 1. The summed E-state index contributed by atoms with van der Waals surface area (Å²) in [5.41, 5.74) is 0. The molecule has 0 aromatic heterocycles. The summed E-state index contributed by atoms with van der Waals surface area (Å²) in [5.74, 6) is 1.19. The van der Waals surface area contributed by atoms with Crippen LogP contribution in [0.15, 0.2) is 38.6 Å². The summed E-state index contributed by atoms with van der Waals surface area (Å²) < 4.78 is 1.11. The van der Waals surface area contributed by atoms with Crippen molar-refractivity contribution in [2.24, 2.45) is 10.9 Å². The number of amides is 1. The van der Waals surface area contributed by atoms with Crippen molar-refractivity contribution in [3.05, 3.63) is 28.7 Å². The Hall–Kier alpha value is -0.480. The second-order valence-corrected chi connectivity index (χ2v) is 9.43. The Labute approximate surface area is 186 Å². The molecule has 1 amide bonds. The lowest BCUT2D eigenvalue weighted by molar-refractivity contribution is -0.122. The van der Waals surface area contributed by atoms with E-state index in [9.17, 15) is 4.79 Å². The lowest BCUT2D eigenvalue weighted by Crippen LogP contribution is -2.45. The first-order chi connectivity index (χ1) is 11.9. The van der Waals surface area contributed by atoms with Crippen LogP contribution in [-0.2, 0) is 4.79 Å². The van der Waals surface area contributed by atoms with Crippen LogP contribution in [0.2, 0.25) is 0 Å². The first-order valence-electron chi connectivity index (χ1n) is 8.56. The van der Waals surface area contributed by atoms with Crippen molar-refractivity contribution in [1.82, 2.24) is 16.0 Å². The molecule has 0 atom stereocenters. The molecule has 2 rings (SSSR count). The van der Waals surface area contributed by atoms with Crippen LogP contribution in [0.25, 0.3) is 0 Å². The molecule has 26 heavy (non-hydrogen) atoms. The van der Waals surface area contributed by atoms with Crippen molar-refractivity contribution in [3.63, 3.8) is 0 Å². The molecule has 1 aromatic carbocycles. The van der Waals surface area contributed by atoms with Gasteiger partial charge in [-0.05, 0) is 51.0 Å². The maximum atomic E-state index is 11.6. The van der Waals surface area contributed by atoms with Crippen LogP contribution in [0, 0.1) is 5.92 Å². The van der Waals surface area contributed by atoms with Gasteiger partial charge >= 0.3 is 0 Å². The van der Waals surface area contributed by atoms with Crippen molar-refractivity contribution >= 4 is 63.5 Å². The van der Waals surface area contributed by atoms with E-state index < -0.39 is 0 Å². The van der Waals surface area contributed by atoms with Gasteiger partial charge in [-0.3, -0.25) is 9.79 Å². The van der Waals surface area contributed by atoms with Gasteiger partial charge in [0.15, 0.2) is 5.96 Å². The molecule has 1 aliphatic carbocycles. The summed E-state index contributed by atoms with van der Waals surface area (Å²) in [5, 5.41) is 9.54. The van der Waals surface area contributed by atoms with E-state index in [-0.39, 0.29) is 40.5 Å². The van der Waals surface area contributed by atoms with Gasteiger partial charge in [-0.1, -0.05) is 15.9 Å². The molecule has 0 unspecified atom stereocenters. The number of carbonyl (C=O) groups is 1. The SMILES string of the molecule is CN=C(NCCNC(=O)C1CC1)NCC(C)(C)Sc1ccc(Br)cc1.I. The van der Waals surface area contributed by atoms with E-state index in [1.165, 1.54) is 4.90 Å². The summed E-state index contributed by atoms with van der Waals surface area (Å²) in [6.07, 6.45) is 2.07. The molecule has 5 nitrogen and oxygen atoms in total. The van der Waals surface area contributed by atoms with Gasteiger partial charge in [0.05, 0.1) is 0 Å². The quantitative estimate of drug-likeness (QED) is 0.151. The zero-order valence-corrected chi connectivity index (χ0v) is 20.2. The standard InChI is InChI=1S/C18H27BrN4OS.HI/c1-18(2,25-15-8-6-14(19)7-9-15)12-23-17(20-3)22-11-10-21-16(24)13-4-5-13;/h6-9,13H,4-5,10-12H2,1-3H3,(H,21,24)(H2,20,22,23);1H. The molecule has 0 saturated heterocycles. The molecule has 0 bridgehead atoms. The van der Waals surface area contributed by atoms with Crippen molar-refractivity contribution in [3.8, 4) is 0 Å². The van der Waals surface area contributed by atoms with Crippen LogP contribution in [-0.4, -0.2) is 43.3 Å². The number of rotatable bonds is 8. The zero-order chi connectivity index (χ0) is 18.3. The minimum absolute atomic E-state index is 0. The second kappa shape index (κ2) is 11.4. The molecule has 0 radical (unpaired) electrons. The van der Waals surface area contributed by atoms with Crippen LogP contribution < -0.4 is 16.0 Å². The van der Waals surface area contributed by atoms with Crippen LogP contribution in [0.4, 0.5) is 0 Å². The van der Waals surface area contributed by atoms with Gasteiger partial charge in [-0.2, -0.15) is 0 Å². The third kappa shape index (κ3) is 8.94. The van der Waals surface area contributed by atoms with E-state index in [0.717, 1.165) is 29.8 Å². The Morgan fingerprint density at radius 2 is 1.81 bits per heavy atom. The van der Waals surface area contributed by atoms with Gasteiger partial charge in [0.1, 0.15) is 0 Å². The maximum absolute atomic E-state index is 11.6. The number of carbonyl (C=O) groups excluding carboxylic acids is 1.